The van der Waals surface area contributed by atoms with Crippen LogP contribution in [-0.2, 0) is 21.4 Å². The Hall–Kier alpha value is -2.09. The van der Waals surface area contributed by atoms with Crippen LogP contribution in [0.1, 0.15) is 5.56 Å². The zero-order chi connectivity index (χ0) is 18.4. The fraction of sp³-hybridized carbons (Fsp3) is 0.235. The van der Waals surface area contributed by atoms with Gasteiger partial charge < -0.3 is 9.64 Å². The molecular weight excluding hydrogens is 364 g/mol. The second-order valence-corrected chi connectivity index (χ2v) is 7.53. The van der Waals surface area contributed by atoms with Crippen LogP contribution in [0.3, 0.4) is 0 Å². The van der Waals surface area contributed by atoms with Gasteiger partial charge in [-0.05, 0) is 23.8 Å². The number of sulfonamides is 1. The molecule has 6 nitrogen and oxygen atoms in total. The van der Waals surface area contributed by atoms with Gasteiger partial charge in [-0.1, -0.05) is 41.9 Å². The van der Waals surface area contributed by atoms with E-state index in [0.29, 0.717) is 12.3 Å². The third-order valence-corrected chi connectivity index (χ3v) is 5.23. The molecule has 2 rings (SSSR count). The molecule has 0 aromatic heterocycles. The van der Waals surface area contributed by atoms with Gasteiger partial charge >= 0.3 is 0 Å². The molecule has 1 amide bonds. The summed E-state index contributed by atoms with van der Waals surface area (Å²) in [6, 6.07) is 13.5. The van der Waals surface area contributed by atoms with E-state index in [1.54, 1.807) is 7.05 Å². The van der Waals surface area contributed by atoms with Crippen LogP contribution in [-0.4, -0.2) is 39.9 Å². The fourth-order valence-electron chi connectivity index (χ4n) is 2.13. The Bertz CT molecular complexity index is 841. The summed E-state index contributed by atoms with van der Waals surface area (Å²) in [7, 11) is -0.788. The third-order valence-electron chi connectivity index (χ3n) is 3.54. The van der Waals surface area contributed by atoms with E-state index in [1.807, 2.05) is 30.3 Å². The first kappa shape index (κ1) is 19.2. The van der Waals surface area contributed by atoms with E-state index in [-0.39, 0.29) is 22.4 Å². The maximum Gasteiger partial charge on any atom is 0.241 e. The molecule has 134 valence electrons. The lowest BCUT2D eigenvalue weighted by atomic mass is 10.2. The number of carbonyl (C=O) groups is 1. The zero-order valence-electron chi connectivity index (χ0n) is 13.9. The van der Waals surface area contributed by atoms with Crippen molar-refractivity contribution < 1.29 is 17.9 Å². The summed E-state index contributed by atoms with van der Waals surface area (Å²) in [6.45, 7) is 0.0606. The van der Waals surface area contributed by atoms with Crippen LogP contribution in [0.25, 0.3) is 0 Å². The number of hydrogen-bond acceptors (Lipinski definition) is 4. The highest BCUT2D eigenvalue weighted by Crippen LogP contribution is 2.26. The molecule has 0 bridgehead atoms. The normalized spacial score (nSPS) is 11.2. The van der Waals surface area contributed by atoms with Crippen LogP contribution in [0, 0.1) is 0 Å². The number of carbonyl (C=O) groups excluding carboxylic acids is 1. The summed E-state index contributed by atoms with van der Waals surface area (Å²) in [5.41, 5.74) is 0.961. The van der Waals surface area contributed by atoms with Crippen LogP contribution in [0.15, 0.2) is 53.4 Å². The van der Waals surface area contributed by atoms with Crippen LogP contribution < -0.4 is 9.46 Å². The van der Waals surface area contributed by atoms with E-state index < -0.39 is 10.0 Å². The summed E-state index contributed by atoms with van der Waals surface area (Å²) in [5.74, 6) is 0.0336. The number of likely N-dealkylation sites (N-methyl/N-ethyl adjacent to an activating group) is 1. The molecule has 0 heterocycles. The summed E-state index contributed by atoms with van der Waals surface area (Å²) in [5, 5.41) is 0.179. The molecule has 0 saturated carbocycles. The van der Waals surface area contributed by atoms with Gasteiger partial charge in [-0.25, -0.2) is 13.1 Å². The lowest BCUT2D eigenvalue weighted by molar-refractivity contribution is -0.129. The van der Waals surface area contributed by atoms with E-state index in [1.165, 1.54) is 30.2 Å². The standard InChI is InChI=1S/C17H19ClN2O4S/c1-20(12-13-6-4-3-5-7-13)17(21)11-19-25(22,23)14-8-9-16(24-2)15(18)10-14/h3-10,19H,11-12H2,1-2H3. The average molecular weight is 383 g/mol. The number of halogens is 1. The van der Waals surface area contributed by atoms with Gasteiger partial charge in [-0.3, -0.25) is 4.79 Å². The van der Waals surface area contributed by atoms with Gasteiger partial charge in [-0.15, -0.1) is 0 Å². The van der Waals surface area contributed by atoms with Crippen molar-refractivity contribution in [2.45, 2.75) is 11.4 Å². The summed E-state index contributed by atoms with van der Waals surface area (Å²) in [4.78, 5) is 13.6. The monoisotopic (exact) mass is 382 g/mol. The molecule has 25 heavy (non-hydrogen) atoms. The number of hydrogen-bond donors (Lipinski definition) is 1. The van der Waals surface area contributed by atoms with E-state index in [2.05, 4.69) is 4.72 Å². The van der Waals surface area contributed by atoms with Crippen molar-refractivity contribution in [2.75, 3.05) is 20.7 Å². The van der Waals surface area contributed by atoms with E-state index in [9.17, 15) is 13.2 Å². The molecule has 0 radical (unpaired) electrons. The predicted molar refractivity (Wildman–Crippen MR) is 96.1 cm³/mol. The number of nitrogens with one attached hydrogen (secondary N) is 1. The molecule has 0 aliphatic rings. The second kappa shape index (κ2) is 8.33. The van der Waals surface area contributed by atoms with Crippen molar-refractivity contribution in [3.63, 3.8) is 0 Å². The van der Waals surface area contributed by atoms with Crippen LogP contribution in [0.5, 0.6) is 5.75 Å². The first-order valence-corrected chi connectivity index (χ1v) is 9.30. The Morgan fingerprint density at radius 1 is 1.20 bits per heavy atom. The Morgan fingerprint density at radius 3 is 2.48 bits per heavy atom. The van der Waals surface area contributed by atoms with Gasteiger partial charge in [-0.2, -0.15) is 0 Å². The first-order chi connectivity index (χ1) is 11.8. The predicted octanol–water partition coefficient (Wildman–Crippen LogP) is 2.29. The van der Waals surface area contributed by atoms with Crippen LogP contribution >= 0.6 is 11.6 Å². The highest BCUT2D eigenvalue weighted by Gasteiger charge is 2.18. The van der Waals surface area contributed by atoms with Crippen LogP contribution in [0.2, 0.25) is 5.02 Å². The number of amides is 1. The summed E-state index contributed by atoms with van der Waals surface area (Å²) >= 11 is 5.95. The molecule has 2 aromatic carbocycles. The van der Waals surface area contributed by atoms with Crippen molar-refractivity contribution in [3.8, 4) is 5.75 Å². The van der Waals surface area contributed by atoms with Gasteiger partial charge in [0.25, 0.3) is 0 Å². The summed E-state index contributed by atoms with van der Waals surface area (Å²) in [6.07, 6.45) is 0. The molecule has 0 atom stereocenters. The number of methoxy groups -OCH3 is 1. The molecular formula is C17H19ClN2O4S. The van der Waals surface area contributed by atoms with Crippen LogP contribution in [0.4, 0.5) is 0 Å². The highest BCUT2D eigenvalue weighted by molar-refractivity contribution is 7.89. The van der Waals surface area contributed by atoms with Gasteiger partial charge in [0.1, 0.15) is 5.75 Å². The van der Waals surface area contributed by atoms with E-state index in [4.69, 9.17) is 16.3 Å². The van der Waals surface area contributed by atoms with Gasteiger partial charge in [0.2, 0.25) is 15.9 Å². The Morgan fingerprint density at radius 2 is 1.88 bits per heavy atom. The van der Waals surface area contributed by atoms with Crippen molar-refractivity contribution in [3.05, 3.63) is 59.1 Å². The SMILES string of the molecule is COc1ccc(S(=O)(=O)NCC(=O)N(C)Cc2ccccc2)cc1Cl. The number of rotatable bonds is 7. The molecule has 0 unspecified atom stereocenters. The highest BCUT2D eigenvalue weighted by atomic mass is 35.5. The molecule has 0 spiro atoms. The Labute approximate surface area is 152 Å². The molecule has 0 aliphatic carbocycles. The van der Waals surface area contributed by atoms with E-state index in [0.717, 1.165) is 5.56 Å². The quantitative estimate of drug-likeness (QED) is 0.797. The molecule has 0 fully saturated rings. The maximum absolute atomic E-state index is 12.3. The first-order valence-electron chi connectivity index (χ1n) is 7.44. The lowest BCUT2D eigenvalue weighted by Crippen LogP contribution is -2.37. The van der Waals surface area contributed by atoms with Gasteiger partial charge in [0.15, 0.2) is 0 Å². The minimum Gasteiger partial charge on any atom is -0.495 e. The third kappa shape index (κ3) is 5.19. The van der Waals surface area contributed by atoms with E-state index >= 15 is 0 Å². The number of ether oxygens (including phenoxy) is 1. The zero-order valence-corrected chi connectivity index (χ0v) is 15.5. The molecule has 0 saturated heterocycles. The Kier molecular flexibility index (Phi) is 6.41. The molecule has 2 aromatic rings. The topological polar surface area (TPSA) is 75.7 Å². The molecule has 8 heteroatoms. The van der Waals surface area contributed by atoms with Gasteiger partial charge in [0, 0.05) is 13.6 Å². The smallest absolute Gasteiger partial charge is 0.241 e. The fourth-order valence-corrected chi connectivity index (χ4v) is 3.46. The average Bonchev–Trinajstić information content (AvgIpc) is 2.60. The van der Waals surface area contributed by atoms with Crippen molar-refractivity contribution >= 4 is 27.5 Å². The van der Waals surface area contributed by atoms with Crippen molar-refractivity contribution in [1.29, 1.82) is 0 Å². The van der Waals surface area contributed by atoms with Crippen molar-refractivity contribution in [1.82, 2.24) is 9.62 Å². The van der Waals surface area contributed by atoms with Gasteiger partial charge in [0.05, 0.1) is 23.6 Å². The second-order valence-electron chi connectivity index (χ2n) is 5.36. The van der Waals surface area contributed by atoms with Crippen molar-refractivity contribution in [2.24, 2.45) is 0 Å². The molecule has 0 aliphatic heterocycles. The maximum atomic E-state index is 12.3. The number of nitrogens with zero attached hydrogens (tertiary/aromatic N) is 1. The minimum atomic E-state index is -3.85. The lowest BCUT2D eigenvalue weighted by Gasteiger charge is -2.17. The minimum absolute atomic E-state index is 0.0307. The Balaban J connectivity index is 1.99. The summed E-state index contributed by atoms with van der Waals surface area (Å²) < 4.78 is 31.9. The number of benzene rings is 2. The largest absolute Gasteiger partial charge is 0.495 e. The molecule has 1 N–H and O–H groups in total.